The summed E-state index contributed by atoms with van der Waals surface area (Å²) in [6.07, 6.45) is 4.11. The van der Waals surface area contributed by atoms with Gasteiger partial charge in [0.25, 0.3) is 5.91 Å². The predicted octanol–water partition coefficient (Wildman–Crippen LogP) is 3.80. The fraction of sp³-hybridized carbons (Fsp3) is 0.400. The third-order valence-electron chi connectivity index (χ3n) is 4.70. The van der Waals surface area contributed by atoms with Crippen molar-refractivity contribution in [2.24, 2.45) is 5.92 Å². The molecule has 0 saturated carbocycles. The molecule has 0 fully saturated rings. The zero-order chi connectivity index (χ0) is 17.8. The standard InChI is InChI=1S/C20H24N2O2S/c1-13-8-10-15-16(12-13)25-20(18(15)19(24)21-2)22-17(23)11-9-14-6-4-3-5-7-14/h3-7,13H,8-12H2,1-2H3,(H,21,24)(H,22,23)/t13-/m0/s1. The number of benzene rings is 1. The topological polar surface area (TPSA) is 58.2 Å². The van der Waals surface area contributed by atoms with Crippen LogP contribution in [0.15, 0.2) is 30.3 Å². The van der Waals surface area contributed by atoms with Gasteiger partial charge in [0.15, 0.2) is 0 Å². The molecule has 0 saturated heterocycles. The van der Waals surface area contributed by atoms with Gasteiger partial charge in [-0.15, -0.1) is 11.3 Å². The Hall–Kier alpha value is -2.14. The van der Waals surface area contributed by atoms with Crippen LogP contribution in [0.3, 0.4) is 0 Å². The van der Waals surface area contributed by atoms with E-state index < -0.39 is 0 Å². The molecule has 0 bridgehead atoms. The Kier molecular flexibility index (Phi) is 5.53. The smallest absolute Gasteiger partial charge is 0.254 e. The largest absolute Gasteiger partial charge is 0.355 e. The van der Waals surface area contributed by atoms with E-state index in [0.29, 0.717) is 29.3 Å². The molecule has 1 aromatic heterocycles. The van der Waals surface area contributed by atoms with E-state index in [1.807, 2.05) is 30.3 Å². The maximum absolute atomic E-state index is 12.4. The molecular formula is C20H24N2O2S. The van der Waals surface area contributed by atoms with E-state index in [0.717, 1.165) is 30.4 Å². The maximum atomic E-state index is 12.4. The Labute approximate surface area is 152 Å². The summed E-state index contributed by atoms with van der Waals surface area (Å²) in [4.78, 5) is 26.0. The fourth-order valence-corrected chi connectivity index (χ4v) is 4.72. The molecule has 0 aliphatic heterocycles. The van der Waals surface area contributed by atoms with Crippen molar-refractivity contribution in [3.8, 4) is 0 Å². The summed E-state index contributed by atoms with van der Waals surface area (Å²) >= 11 is 1.57. The van der Waals surface area contributed by atoms with Gasteiger partial charge in [-0.1, -0.05) is 37.3 Å². The Morgan fingerprint density at radius 3 is 2.72 bits per heavy atom. The van der Waals surface area contributed by atoms with Crippen LogP contribution in [0.1, 0.15) is 46.1 Å². The highest BCUT2D eigenvalue weighted by atomic mass is 32.1. The lowest BCUT2D eigenvalue weighted by Gasteiger charge is -2.18. The zero-order valence-electron chi connectivity index (χ0n) is 14.7. The molecule has 0 unspecified atom stereocenters. The Balaban J connectivity index is 1.75. The molecule has 1 aliphatic carbocycles. The lowest BCUT2D eigenvalue weighted by atomic mass is 9.88. The van der Waals surface area contributed by atoms with Crippen LogP contribution in [0.4, 0.5) is 5.00 Å². The van der Waals surface area contributed by atoms with E-state index in [9.17, 15) is 9.59 Å². The van der Waals surface area contributed by atoms with Crippen molar-refractivity contribution in [2.45, 2.75) is 39.0 Å². The summed E-state index contributed by atoms with van der Waals surface area (Å²) in [5.41, 5.74) is 2.94. The summed E-state index contributed by atoms with van der Waals surface area (Å²) < 4.78 is 0. The highest BCUT2D eigenvalue weighted by Crippen LogP contribution is 2.39. The van der Waals surface area contributed by atoms with Crippen LogP contribution in [0, 0.1) is 5.92 Å². The number of hydrogen-bond donors (Lipinski definition) is 2. The van der Waals surface area contributed by atoms with Gasteiger partial charge in [0.1, 0.15) is 5.00 Å². The lowest BCUT2D eigenvalue weighted by Crippen LogP contribution is -2.22. The number of fused-ring (bicyclic) bond motifs is 1. The van der Waals surface area contributed by atoms with Crippen molar-refractivity contribution < 1.29 is 9.59 Å². The van der Waals surface area contributed by atoms with E-state index in [-0.39, 0.29) is 11.8 Å². The number of amides is 2. The highest BCUT2D eigenvalue weighted by Gasteiger charge is 2.27. The number of hydrogen-bond acceptors (Lipinski definition) is 3. The third-order valence-corrected chi connectivity index (χ3v) is 5.87. The first kappa shape index (κ1) is 17.7. The van der Waals surface area contributed by atoms with Crippen LogP contribution in [0.5, 0.6) is 0 Å². The van der Waals surface area contributed by atoms with Gasteiger partial charge in [-0.2, -0.15) is 0 Å². The second-order valence-corrected chi connectivity index (χ2v) is 7.77. The molecule has 3 rings (SSSR count). The molecule has 0 radical (unpaired) electrons. The molecule has 1 heterocycles. The van der Waals surface area contributed by atoms with Gasteiger partial charge in [-0.25, -0.2) is 0 Å². The number of thiophene rings is 1. The Morgan fingerprint density at radius 2 is 2.00 bits per heavy atom. The van der Waals surface area contributed by atoms with Gasteiger partial charge in [0, 0.05) is 18.3 Å². The first-order valence-corrected chi connectivity index (χ1v) is 9.60. The molecule has 1 aliphatic rings. The number of nitrogens with one attached hydrogen (secondary N) is 2. The number of carbonyl (C=O) groups excluding carboxylic acids is 2. The number of aryl methyl sites for hydroxylation is 1. The van der Waals surface area contributed by atoms with Gasteiger partial charge < -0.3 is 10.6 Å². The highest BCUT2D eigenvalue weighted by molar-refractivity contribution is 7.17. The summed E-state index contributed by atoms with van der Waals surface area (Å²) in [5.74, 6) is 0.483. The minimum absolute atomic E-state index is 0.0411. The summed E-state index contributed by atoms with van der Waals surface area (Å²) in [6.45, 7) is 2.24. The summed E-state index contributed by atoms with van der Waals surface area (Å²) in [7, 11) is 1.64. The first-order chi connectivity index (χ1) is 12.1. The normalized spacial score (nSPS) is 16.2. The van der Waals surface area contributed by atoms with Crippen LogP contribution < -0.4 is 10.6 Å². The van der Waals surface area contributed by atoms with E-state index >= 15 is 0 Å². The van der Waals surface area contributed by atoms with Gasteiger partial charge in [-0.3, -0.25) is 9.59 Å². The lowest BCUT2D eigenvalue weighted by molar-refractivity contribution is -0.116. The van der Waals surface area contributed by atoms with Crippen LogP contribution in [0.2, 0.25) is 0 Å². The van der Waals surface area contributed by atoms with E-state index in [1.165, 1.54) is 4.88 Å². The van der Waals surface area contributed by atoms with Gasteiger partial charge in [-0.05, 0) is 42.7 Å². The predicted molar refractivity (Wildman–Crippen MR) is 102 cm³/mol. The van der Waals surface area contributed by atoms with E-state index in [2.05, 4.69) is 17.6 Å². The molecular weight excluding hydrogens is 332 g/mol. The second kappa shape index (κ2) is 7.83. The van der Waals surface area contributed by atoms with Gasteiger partial charge in [0.2, 0.25) is 5.91 Å². The summed E-state index contributed by atoms with van der Waals surface area (Å²) in [6, 6.07) is 9.97. The van der Waals surface area contributed by atoms with Crippen molar-refractivity contribution in [1.29, 1.82) is 0 Å². The molecule has 132 valence electrons. The van der Waals surface area contributed by atoms with E-state index in [1.54, 1.807) is 18.4 Å². The molecule has 25 heavy (non-hydrogen) atoms. The van der Waals surface area contributed by atoms with Crippen LogP contribution in [-0.2, 0) is 24.1 Å². The van der Waals surface area contributed by atoms with Gasteiger partial charge >= 0.3 is 0 Å². The maximum Gasteiger partial charge on any atom is 0.254 e. The third kappa shape index (κ3) is 4.10. The summed E-state index contributed by atoms with van der Waals surface area (Å²) in [5, 5.41) is 6.41. The Morgan fingerprint density at radius 1 is 1.24 bits per heavy atom. The number of anilines is 1. The van der Waals surface area contributed by atoms with Crippen LogP contribution in [0.25, 0.3) is 0 Å². The Bertz CT molecular complexity index is 768. The molecule has 2 N–H and O–H groups in total. The minimum Gasteiger partial charge on any atom is -0.355 e. The average Bonchev–Trinajstić information content (AvgIpc) is 2.97. The van der Waals surface area contributed by atoms with E-state index in [4.69, 9.17) is 0 Å². The second-order valence-electron chi connectivity index (χ2n) is 6.67. The molecule has 2 aromatic rings. The van der Waals surface area contributed by atoms with Crippen molar-refractivity contribution in [3.05, 3.63) is 51.9 Å². The molecule has 4 nitrogen and oxygen atoms in total. The molecule has 1 aromatic carbocycles. The van der Waals surface area contributed by atoms with Crippen molar-refractivity contribution in [2.75, 3.05) is 12.4 Å². The quantitative estimate of drug-likeness (QED) is 0.856. The molecule has 5 heteroatoms. The van der Waals surface area contributed by atoms with Gasteiger partial charge in [0.05, 0.1) is 5.56 Å². The fourth-order valence-electron chi connectivity index (χ4n) is 3.30. The van der Waals surface area contributed by atoms with Crippen LogP contribution >= 0.6 is 11.3 Å². The SMILES string of the molecule is CNC(=O)c1c(NC(=O)CCc2ccccc2)sc2c1CC[C@H](C)C2. The molecule has 1 atom stereocenters. The number of rotatable bonds is 5. The molecule has 2 amide bonds. The van der Waals surface area contributed by atoms with Crippen molar-refractivity contribution >= 4 is 28.2 Å². The van der Waals surface area contributed by atoms with Crippen molar-refractivity contribution in [3.63, 3.8) is 0 Å². The van der Waals surface area contributed by atoms with Crippen molar-refractivity contribution in [1.82, 2.24) is 5.32 Å². The first-order valence-electron chi connectivity index (χ1n) is 8.79. The average molecular weight is 356 g/mol. The minimum atomic E-state index is -0.106. The van der Waals surface area contributed by atoms with Crippen LogP contribution in [-0.4, -0.2) is 18.9 Å². The number of carbonyl (C=O) groups is 2. The zero-order valence-corrected chi connectivity index (χ0v) is 15.5. The molecule has 0 spiro atoms. The monoisotopic (exact) mass is 356 g/mol.